The molecule has 0 bridgehead atoms. The van der Waals surface area contributed by atoms with Gasteiger partial charge in [0.1, 0.15) is 17.3 Å². The van der Waals surface area contributed by atoms with Crippen LogP contribution in [0.4, 0.5) is 0 Å². The average molecular weight is 368 g/mol. The Hall–Kier alpha value is -3.15. The number of aromatic carboxylic acids is 1. The summed E-state index contributed by atoms with van der Waals surface area (Å²) in [5.41, 5.74) is 1.83. The summed E-state index contributed by atoms with van der Waals surface area (Å²) >= 11 is 0. The zero-order valence-electron chi connectivity index (χ0n) is 15.5. The first kappa shape index (κ1) is 18.6. The van der Waals surface area contributed by atoms with E-state index in [2.05, 4.69) is 0 Å². The number of carboxylic acid groups (broad SMARTS) is 1. The molecule has 1 heterocycles. The Morgan fingerprint density at radius 3 is 2.37 bits per heavy atom. The molecule has 1 atom stereocenters. The molecule has 0 aliphatic rings. The van der Waals surface area contributed by atoms with E-state index in [0.717, 1.165) is 5.56 Å². The van der Waals surface area contributed by atoms with Crippen LogP contribution in [0.15, 0.2) is 39.5 Å². The van der Waals surface area contributed by atoms with Crippen molar-refractivity contribution >= 4 is 33.9 Å². The molecule has 0 radical (unpaired) electrons. The Morgan fingerprint density at radius 1 is 1.07 bits per heavy atom. The first-order valence-electron chi connectivity index (χ1n) is 8.64. The molecule has 6 heteroatoms. The van der Waals surface area contributed by atoms with Crippen molar-refractivity contribution in [2.75, 3.05) is 0 Å². The number of hydrogen-bond donors (Lipinski definition) is 1. The minimum Gasteiger partial charge on any atom is -0.478 e. The van der Waals surface area contributed by atoms with Crippen molar-refractivity contribution in [1.82, 2.24) is 0 Å². The van der Waals surface area contributed by atoms with E-state index in [-0.39, 0.29) is 27.9 Å². The van der Waals surface area contributed by atoms with Crippen LogP contribution in [0.5, 0.6) is 0 Å². The molecule has 0 saturated heterocycles. The highest BCUT2D eigenvalue weighted by Crippen LogP contribution is 2.31. The summed E-state index contributed by atoms with van der Waals surface area (Å²) in [5.74, 6) is -1.41. The summed E-state index contributed by atoms with van der Waals surface area (Å²) in [5, 5.41) is 9.73. The first-order valence-corrected chi connectivity index (χ1v) is 8.64. The third kappa shape index (κ3) is 3.43. The lowest BCUT2D eigenvalue weighted by molar-refractivity contribution is -0.145. The number of esters is 1. The van der Waals surface area contributed by atoms with E-state index in [1.807, 2.05) is 19.9 Å². The lowest BCUT2D eigenvalue weighted by atomic mass is 9.95. The molecule has 1 unspecified atom stereocenters. The summed E-state index contributed by atoms with van der Waals surface area (Å²) < 4.78 is 11.2. The highest BCUT2D eigenvalue weighted by atomic mass is 16.5. The fourth-order valence-corrected chi connectivity index (χ4v) is 3.09. The largest absolute Gasteiger partial charge is 0.478 e. The van der Waals surface area contributed by atoms with Gasteiger partial charge < -0.3 is 14.3 Å². The molecule has 0 saturated carbocycles. The van der Waals surface area contributed by atoms with Crippen molar-refractivity contribution in [3.05, 3.63) is 57.2 Å². The quantitative estimate of drug-likeness (QED) is 0.542. The maximum Gasteiger partial charge on any atom is 0.335 e. The van der Waals surface area contributed by atoms with Crippen LogP contribution in [0, 0.1) is 0 Å². The van der Waals surface area contributed by atoms with E-state index < -0.39 is 18.0 Å². The van der Waals surface area contributed by atoms with Gasteiger partial charge in [0.25, 0.3) is 0 Å². The third-order valence-corrected chi connectivity index (χ3v) is 4.52. The highest BCUT2D eigenvalue weighted by Gasteiger charge is 2.20. The number of carboxylic acids is 1. The molecular weight excluding hydrogens is 348 g/mol. The molecule has 3 rings (SSSR count). The molecule has 0 aliphatic heterocycles. The molecule has 0 spiro atoms. The molecule has 1 aromatic heterocycles. The molecule has 1 N–H and O–H groups in total. The van der Waals surface area contributed by atoms with E-state index in [9.17, 15) is 19.5 Å². The standard InChI is InChI=1S/C21H20O6/c1-10(2)14-8-15(11(3)26-12(4)22)20-17(9-14)19(23)16-7-13(21(24)25)5-6-18(16)27-20/h5-11H,1-4H3,(H,24,25). The summed E-state index contributed by atoms with van der Waals surface area (Å²) in [6.45, 7) is 7.03. The number of carbonyl (C=O) groups excluding carboxylic acids is 1. The molecule has 2 aromatic carbocycles. The van der Waals surface area contributed by atoms with Crippen LogP contribution in [0.1, 0.15) is 61.2 Å². The predicted molar refractivity (Wildman–Crippen MR) is 101 cm³/mol. The molecule has 0 amide bonds. The summed E-state index contributed by atoms with van der Waals surface area (Å²) in [4.78, 5) is 35.7. The van der Waals surface area contributed by atoms with E-state index in [0.29, 0.717) is 16.5 Å². The smallest absolute Gasteiger partial charge is 0.335 e. The van der Waals surface area contributed by atoms with Gasteiger partial charge in [0.15, 0.2) is 0 Å². The minimum atomic E-state index is -1.11. The van der Waals surface area contributed by atoms with Crippen LogP contribution in [0.25, 0.3) is 21.9 Å². The minimum absolute atomic E-state index is 0.0164. The van der Waals surface area contributed by atoms with Crippen molar-refractivity contribution in [1.29, 1.82) is 0 Å². The SMILES string of the molecule is CC(=O)OC(C)c1cc(C(C)C)cc2c(=O)c3cc(C(=O)O)ccc3oc12. The van der Waals surface area contributed by atoms with Gasteiger partial charge in [-0.15, -0.1) is 0 Å². The van der Waals surface area contributed by atoms with Gasteiger partial charge in [-0.05, 0) is 48.7 Å². The van der Waals surface area contributed by atoms with Gasteiger partial charge in [-0.1, -0.05) is 13.8 Å². The fraction of sp³-hybridized carbons (Fsp3) is 0.286. The van der Waals surface area contributed by atoms with Crippen molar-refractivity contribution in [2.24, 2.45) is 0 Å². The van der Waals surface area contributed by atoms with E-state index in [1.165, 1.54) is 25.1 Å². The van der Waals surface area contributed by atoms with Gasteiger partial charge in [-0.25, -0.2) is 4.79 Å². The topological polar surface area (TPSA) is 93.8 Å². The molecule has 0 fully saturated rings. The summed E-state index contributed by atoms with van der Waals surface area (Å²) in [7, 11) is 0. The number of rotatable bonds is 4. The van der Waals surface area contributed by atoms with Gasteiger partial charge in [0.2, 0.25) is 5.43 Å². The first-order chi connectivity index (χ1) is 12.7. The summed E-state index contributed by atoms with van der Waals surface area (Å²) in [6, 6.07) is 7.80. The molecule has 6 nitrogen and oxygen atoms in total. The number of carbonyl (C=O) groups is 2. The van der Waals surface area contributed by atoms with Crippen LogP contribution in [-0.4, -0.2) is 17.0 Å². The fourth-order valence-electron chi connectivity index (χ4n) is 3.09. The lowest BCUT2D eigenvalue weighted by Crippen LogP contribution is -2.10. The number of ether oxygens (including phenoxy) is 1. The second-order valence-corrected chi connectivity index (χ2v) is 6.84. The Balaban J connectivity index is 2.39. The maximum absolute atomic E-state index is 13.1. The molecule has 0 aliphatic carbocycles. The molecule has 140 valence electrons. The molecule has 27 heavy (non-hydrogen) atoms. The lowest BCUT2D eigenvalue weighted by Gasteiger charge is -2.17. The van der Waals surface area contributed by atoms with Gasteiger partial charge >= 0.3 is 11.9 Å². The van der Waals surface area contributed by atoms with Crippen molar-refractivity contribution in [3.63, 3.8) is 0 Å². The van der Waals surface area contributed by atoms with Crippen molar-refractivity contribution in [2.45, 2.75) is 39.7 Å². The Kier molecular flexibility index (Phi) is 4.74. The van der Waals surface area contributed by atoms with E-state index in [1.54, 1.807) is 13.0 Å². The monoisotopic (exact) mass is 368 g/mol. The van der Waals surface area contributed by atoms with Crippen LogP contribution in [0.2, 0.25) is 0 Å². The van der Waals surface area contributed by atoms with Gasteiger partial charge in [0.05, 0.1) is 16.3 Å². The highest BCUT2D eigenvalue weighted by molar-refractivity contribution is 5.96. The predicted octanol–water partition coefficient (Wildman–Crippen LogP) is 4.39. The summed E-state index contributed by atoms with van der Waals surface area (Å²) in [6.07, 6.45) is -0.595. The Morgan fingerprint density at radius 2 is 1.78 bits per heavy atom. The molecular formula is C21H20O6. The average Bonchev–Trinajstić information content (AvgIpc) is 2.60. The Labute approximate surface area is 155 Å². The zero-order valence-corrected chi connectivity index (χ0v) is 15.5. The van der Waals surface area contributed by atoms with Crippen molar-refractivity contribution < 1.29 is 23.8 Å². The number of fused-ring (bicyclic) bond motifs is 2. The Bertz CT molecular complexity index is 1120. The van der Waals surface area contributed by atoms with Crippen molar-refractivity contribution in [3.8, 4) is 0 Å². The normalized spacial score (nSPS) is 12.5. The number of benzene rings is 2. The van der Waals surface area contributed by atoms with E-state index >= 15 is 0 Å². The van der Waals surface area contributed by atoms with Gasteiger partial charge in [-0.3, -0.25) is 9.59 Å². The number of hydrogen-bond acceptors (Lipinski definition) is 5. The van der Waals surface area contributed by atoms with E-state index in [4.69, 9.17) is 9.15 Å². The second-order valence-electron chi connectivity index (χ2n) is 6.84. The van der Waals surface area contributed by atoms with Gasteiger partial charge in [0, 0.05) is 12.5 Å². The zero-order chi connectivity index (χ0) is 19.9. The van der Waals surface area contributed by atoms with Gasteiger partial charge in [-0.2, -0.15) is 0 Å². The molecule has 3 aromatic rings. The van der Waals surface area contributed by atoms with Crippen LogP contribution >= 0.6 is 0 Å². The van der Waals surface area contributed by atoms with Crippen LogP contribution in [0.3, 0.4) is 0 Å². The second kappa shape index (κ2) is 6.87. The maximum atomic E-state index is 13.1. The van der Waals surface area contributed by atoms with Crippen LogP contribution in [-0.2, 0) is 9.53 Å². The third-order valence-electron chi connectivity index (χ3n) is 4.52. The van der Waals surface area contributed by atoms with Crippen LogP contribution < -0.4 is 5.43 Å².